The van der Waals surface area contributed by atoms with Gasteiger partial charge in [0.25, 0.3) is 0 Å². The lowest BCUT2D eigenvalue weighted by Crippen LogP contribution is -2.09. The van der Waals surface area contributed by atoms with E-state index in [9.17, 15) is 0 Å². The molecule has 0 aliphatic carbocycles. The lowest BCUT2D eigenvalue weighted by Gasteiger charge is -2.26. The Hall–Kier alpha value is -7.42. The Morgan fingerprint density at radius 1 is 0.304 bits per heavy atom. The Morgan fingerprint density at radius 3 is 1.66 bits per heavy atom. The molecule has 0 fully saturated rings. The molecule has 1 heterocycles. The van der Waals surface area contributed by atoms with E-state index < -0.39 is 0 Å². The fourth-order valence-electron chi connectivity index (χ4n) is 8.46. The van der Waals surface area contributed by atoms with Crippen LogP contribution in [0.15, 0.2) is 217 Å². The van der Waals surface area contributed by atoms with Crippen LogP contribution in [-0.2, 0) is 0 Å². The van der Waals surface area contributed by atoms with Crippen LogP contribution in [-0.4, -0.2) is 0 Å². The average molecular weight is 714 g/mol. The Labute approximate surface area is 325 Å². The van der Waals surface area contributed by atoms with Crippen molar-refractivity contribution in [1.29, 1.82) is 0 Å². The summed E-state index contributed by atoms with van der Waals surface area (Å²) >= 11 is 0. The Kier molecular flexibility index (Phi) is 7.53. The van der Waals surface area contributed by atoms with E-state index >= 15 is 0 Å². The molecule has 0 bridgehead atoms. The Bertz CT molecular complexity index is 3230. The zero-order chi connectivity index (χ0) is 37.0. The molecular formula is C54H35NO. The molecule has 0 aliphatic rings. The van der Waals surface area contributed by atoms with Crippen molar-refractivity contribution in [2.75, 3.05) is 4.90 Å². The van der Waals surface area contributed by atoms with Gasteiger partial charge in [-0.3, -0.25) is 0 Å². The van der Waals surface area contributed by atoms with E-state index in [1.165, 1.54) is 43.4 Å². The van der Waals surface area contributed by atoms with Gasteiger partial charge in [-0.1, -0.05) is 158 Å². The van der Waals surface area contributed by atoms with E-state index in [-0.39, 0.29) is 0 Å². The highest BCUT2D eigenvalue weighted by Crippen LogP contribution is 2.43. The van der Waals surface area contributed by atoms with E-state index in [2.05, 4.69) is 211 Å². The third-order valence-electron chi connectivity index (χ3n) is 11.2. The number of furan rings is 1. The highest BCUT2D eigenvalue weighted by atomic mass is 16.3. The maximum absolute atomic E-state index is 6.59. The zero-order valence-electron chi connectivity index (χ0n) is 30.6. The van der Waals surface area contributed by atoms with Crippen molar-refractivity contribution in [2.45, 2.75) is 0 Å². The standard InChI is InChI=1S/C54H35NO/c1-2-11-38(12-3-1)50-33-32-49(53-51-16-8-9-17-52(51)56-54(50)53)40-24-28-45(29-25-40)55(46-30-31-48-43(35-46)21-19-39-13-6-7-15-47(39)48)44-26-22-37(23-27-44)42-20-18-36-10-4-5-14-41(36)34-42/h1-35H. The van der Waals surface area contributed by atoms with Gasteiger partial charge >= 0.3 is 0 Å². The average Bonchev–Trinajstić information content (AvgIpc) is 3.67. The van der Waals surface area contributed by atoms with Crippen LogP contribution in [0.1, 0.15) is 0 Å². The van der Waals surface area contributed by atoms with Gasteiger partial charge in [0.2, 0.25) is 0 Å². The Balaban J connectivity index is 1.03. The molecule has 11 aromatic rings. The first kappa shape index (κ1) is 32.0. The predicted octanol–water partition coefficient (Wildman–Crippen LogP) is 15.5. The summed E-state index contributed by atoms with van der Waals surface area (Å²) in [7, 11) is 0. The van der Waals surface area contributed by atoms with Gasteiger partial charge in [0.15, 0.2) is 0 Å². The molecule has 0 amide bonds. The summed E-state index contributed by atoms with van der Waals surface area (Å²) in [5.74, 6) is 0. The van der Waals surface area contributed by atoms with Crippen molar-refractivity contribution in [1.82, 2.24) is 0 Å². The van der Waals surface area contributed by atoms with Gasteiger partial charge in [-0.25, -0.2) is 0 Å². The van der Waals surface area contributed by atoms with Crippen LogP contribution < -0.4 is 4.90 Å². The molecule has 0 unspecified atom stereocenters. The van der Waals surface area contributed by atoms with Gasteiger partial charge in [-0.15, -0.1) is 0 Å². The highest BCUT2D eigenvalue weighted by molar-refractivity contribution is 6.16. The lowest BCUT2D eigenvalue weighted by molar-refractivity contribution is 0.670. The van der Waals surface area contributed by atoms with E-state index in [1.54, 1.807) is 0 Å². The number of hydrogen-bond acceptors (Lipinski definition) is 2. The van der Waals surface area contributed by atoms with Crippen LogP contribution in [0.3, 0.4) is 0 Å². The van der Waals surface area contributed by atoms with Crippen molar-refractivity contribution in [3.05, 3.63) is 212 Å². The molecule has 10 aromatic carbocycles. The second kappa shape index (κ2) is 13.2. The molecule has 2 nitrogen and oxygen atoms in total. The summed E-state index contributed by atoms with van der Waals surface area (Å²) in [4.78, 5) is 2.37. The zero-order valence-corrected chi connectivity index (χ0v) is 30.6. The smallest absolute Gasteiger partial charge is 0.143 e. The first-order chi connectivity index (χ1) is 27.7. The minimum atomic E-state index is 0.895. The van der Waals surface area contributed by atoms with Gasteiger partial charge < -0.3 is 9.32 Å². The second-order valence-electron chi connectivity index (χ2n) is 14.5. The highest BCUT2D eigenvalue weighted by Gasteiger charge is 2.19. The van der Waals surface area contributed by atoms with Gasteiger partial charge in [0, 0.05) is 33.4 Å². The number of hydrogen-bond donors (Lipinski definition) is 0. The number of nitrogens with zero attached hydrogens (tertiary/aromatic N) is 1. The molecule has 0 N–H and O–H groups in total. The molecule has 0 aliphatic heterocycles. The van der Waals surface area contributed by atoms with E-state index in [0.29, 0.717) is 0 Å². The number of benzene rings is 10. The second-order valence-corrected chi connectivity index (χ2v) is 14.5. The van der Waals surface area contributed by atoms with Crippen molar-refractivity contribution in [3.8, 4) is 33.4 Å². The molecule has 0 atom stereocenters. The molecule has 0 saturated heterocycles. The summed E-state index contributed by atoms with van der Waals surface area (Å²) in [5.41, 5.74) is 12.0. The fraction of sp³-hybridized carbons (Fsp3) is 0. The van der Waals surface area contributed by atoms with Gasteiger partial charge in [0.05, 0.1) is 0 Å². The third kappa shape index (κ3) is 5.42. The maximum Gasteiger partial charge on any atom is 0.143 e. The maximum atomic E-state index is 6.59. The van der Waals surface area contributed by atoms with Crippen molar-refractivity contribution in [3.63, 3.8) is 0 Å². The minimum absolute atomic E-state index is 0.895. The van der Waals surface area contributed by atoms with Crippen LogP contribution >= 0.6 is 0 Å². The summed E-state index contributed by atoms with van der Waals surface area (Å²) < 4.78 is 6.59. The van der Waals surface area contributed by atoms with E-state index in [0.717, 1.165) is 61.3 Å². The summed E-state index contributed by atoms with van der Waals surface area (Å²) in [6, 6.07) is 76.4. The lowest BCUT2D eigenvalue weighted by atomic mass is 9.94. The van der Waals surface area contributed by atoms with Crippen molar-refractivity contribution >= 4 is 71.3 Å². The summed E-state index contributed by atoms with van der Waals surface area (Å²) in [6.45, 7) is 0. The number of anilines is 3. The van der Waals surface area contributed by atoms with Crippen LogP contribution in [0, 0.1) is 0 Å². The molecule has 56 heavy (non-hydrogen) atoms. The Morgan fingerprint density at radius 2 is 0.857 bits per heavy atom. The minimum Gasteiger partial charge on any atom is -0.455 e. The van der Waals surface area contributed by atoms with Gasteiger partial charge in [0.1, 0.15) is 11.2 Å². The molecule has 0 spiro atoms. The molecule has 2 heteroatoms. The van der Waals surface area contributed by atoms with Crippen molar-refractivity contribution < 1.29 is 4.42 Å². The van der Waals surface area contributed by atoms with Gasteiger partial charge in [-0.2, -0.15) is 0 Å². The van der Waals surface area contributed by atoms with Crippen LogP contribution in [0.4, 0.5) is 17.1 Å². The molecule has 1 aromatic heterocycles. The summed E-state index contributed by atoms with van der Waals surface area (Å²) in [5, 5.41) is 9.74. The molecule has 0 saturated carbocycles. The molecular weight excluding hydrogens is 679 g/mol. The van der Waals surface area contributed by atoms with Crippen LogP contribution in [0.25, 0.3) is 87.6 Å². The number of para-hydroxylation sites is 1. The molecule has 0 radical (unpaired) electrons. The van der Waals surface area contributed by atoms with Crippen molar-refractivity contribution in [2.24, 2.45) is 0 Å². The largest absolute Gasteiger partial charge is 0.455 e. The van der Waals surface area contributed by atoms with Crippen LogP contribution in [0.2, 0.25) is 0 Å². The first-order valence-electron chi connectivity index (χ1n) is 19.2. The predicted molar refractivity (Wildman–Crippen MR) is 237 cm³/mol. The first-order valence-corrected chi connectivity index (χ1v) is 19.2. The quantitative estimate of drug-likeness (QED) is 0.160. The normalized spacial score (nSPS) is 11.6. The number of rotatable bonds is 6. The summed E-state index contributed by atoms with van der Waals surface area (Å²) in [6.07, 6.45) is 0. The van der Waals surface area contributed by atoms with Gasteiger partial charge in [-0.05, 0) is 115 Å². The monoisotopic (exact) mass is 713 g/mol. The van der Waals surface area contributed by atoms with E-state index in [1.807, 2.05) is 6.07 Å². The topological polar surface area (TPSA) is 16.4 Å². The fourth-order valence-corrected chi connectivity index (χ4v) is 8.46. The SMILES string of the molecule is c1ccc(-c2ccc(-c3ccc(N(c4ccc(-c5ccc6ccccc6c5)cc4)c4ccc5c(ccc6ccccc65)c4)cc3)c3c2oc2ccccc23)cc1. The molecule has 11 rings (SSSR count). The van der Waals surface area contributed by atoms with Crippen LogP contribution in [0.5, 0.6) is 0 Å². The number of fused-ring (bicyclic) bond motifs is 7. The van der Waals surface area contributed by atoms with E-state index in [4.69, 9.17) is 4.42 Å². The third-order valence-corrected chi connectivity index (χ3v) is 11.2. The molecule has 262 valence electrons.